The van der Waals surface area contributed by atoms with E-state index in [2.05, 4.69) is 146 Å². The Bertz CT molecular complexity index is 2840. The zero-order valence-electron chi connectivity index (χ0n) is 26.7. The molecule has 0 saturated carbocycles. The first-order chi connectivity index (χ1) is 24.7. The summed E-state index contributed by atoms with van der Waals surface area (Å²) in [5.41, 5.74) is 7.89. The van der Waals surface area contributed by atoms with Crippen LogP contribution in [0.1, 0.15) is 0 Å². The second-order valence-corrected chi connectivity index (χ2v) is 13.6. The van der Waals surface area contributed by atoms with Crippen LogP contribution in [-0.2, 0) is 0 Å². The van der Waals surface area contributed by atoms with Crippen LogP contribution in [0.3, 0.4) is 0 Å². The zero-order valence-corrected chi connectivity index (χ0v) is 27.6. The average Bonchev–Trinajstić information content (AvgIpc) is 3.78. The number of thiophene rings is 1. The molecule has 0 unspecified atom stereocenters. The number of nitrogens with zero attached hydrogens (tertiary/aromatic N) is 3. The number of hydrogen-bond acceptors (Lipinski definition) is 5. The van der Waals surface area contributed by atoms with Gasteiger partial charge in [0.2, 0.25) is 0 Å². The molecule has 0 spiro atoms. The molecule has 50 heavy (non-hydrogen) atoms. The van der Waals surface area contributed by atoms with Crippen molar-refractivity contribution in [3.8, 4) is 55.7 Å². The van der Waals surface area contributed by atoms with Gasteiger partial charge in [-0.25, -0.2) is 15.0 Å². The van der Waals surface area contributed by atoms with Gasteiger partial charge in [-0.1, -0.05) is 115 Å². The van der Waals surface area contributed by atoms with Crippen molar-refractivity contribution in [2.24, 2.45) is 0 Å². The van der Waals surface area contributed by atoms with E-state index in [0.717, 1.165) is 55.1 Å². The normalized spacial score (nSPS) is 11.6. The highest BCUT2D eigenvalue weighted by Crippen LogP contribution is 2.37. The van der Waals surface area contributed by atoms with E-state index in [1.807, 2.05) is 18.2 Å². The molecular formula is C45H27N3OS. The summed E-state index contributed by atoms with van der Waals surface area (Å²) in [5.74, 6) is 1.86. The van der Waals surface area contributed by atoms with Gasteiger partial charge in [0, 0.05) is 37.0 Å². The van der Waals surface area contributed by atoms with Crippen molar-refractivity contribution in [2.75, 3.05) is 0 Å². The Morgan fingerprint density at radius 1 is 0.360 bits per heavy atom. The maximum atomic E-state index is 6.31. The van der Waals surface area contributed by atoms with Crippen LogP contribution >= 0.6 is 11.3 Å². The van der Waals surface area contributed by atoms with E-state index in [4.69, 9.17) is 19.4 Å². The lowest BCUT2D eigenvalue weighted by Gasteiger charge is -2.10. The first-order valence-electron chi connectivity index (χ1n) is 16.6. The van der Waals surface area contributed by atoms with Crippen LogP contribution in [0.15, 0.2) is 168 Å². The van der Waals surface area contributed by atoms with Crippen molar-refractivity contribution in [1.29, 1.82) is 0 Å². The minimum atomic E-state index is 0.612. The third-order valence-corrected chi connectivity index (χ3v) is 10.5. The molecule has 4 nitrogen and oxygen atoms in total. The molecule has 0 saturated heterocycles. The van der Waals surface area contributed by atoms with Crippen LogP contribution in [0.25, 0.3) is 98.5 Å². The summed E-state index contributed by atoms with van der Waals surface area (Å²) in [7, 11) is 0. The Hall–Kier alpha value is -6.43. The Balaban J connectivity index is 1.12. The highest BCUT2D eigenvalue weighted by Gasteiger charge is 2.16. The molecule has 5 heteroatoms. The molecule has 3 aromatic heterocycles. The SMILES string of the molecule is c1ccc(-c2cccc(-c3nc(-c4ccc(-c5cc6ccccc6s5)cc4)nc(-c4ccc5oc6cc7ccccc7cc6c5c4)n3)c2)cc1. The molecule has 10 aromatic rings. The third-order valence-electron chi connectivity index (χ3n) is 9.31. The summed E-state index contributed by atoms with van der Waals surface area (Å²) in [5, 5.41) is 5.70. The highest BCUT2D eigenvalue weighted by atomic mass is 32.1. The number of hydrogen-bond donors (Lipinski definition) is 0. The molecule has 234 valence electrons. The molecule has 0 fully saturated rings. The van der Waals surface area contributed by atoms with Crippen LogP contribution in [0, 0.1) is 0 Å². The second kappa shape index (κ2) is 11.6. The Labute approximate surface area is 292 Å². The average molecular weight is 658 g/mol. The van der Waals surface area contributed by atoms with Gasteiger partial charge < -0.3 is 4.42 Å². The van der Waals surface area contributed by atoms with Gasteiger partial charge in [-0.05, 0) is 81.4 Å². The van der Waals surface area contributed by atoms with Crippen molar-refractivity contribution >= 4 is 54.1 Å². The number of benzene rings is 7. The maximum absolute atomic E-state index is 6.31. The largest absolute Gasteiger partial charge is 0.456 e. The standard InChI is InChI=1S/C45H27N3OS/c1-2-9-28(10-3-1)31-14-8-15-35(23-31)44-46-43(30-19-17-29(18-20-30)42-27-34-13-6-7-16-41(34)50-42)47-45(48-44)36-21-22-39-37(25-36)38-24-32-11-4-5-12-33(32)26-40(38)49-39/h1-27H. The third kappa shape index (κ3) is 5.04. The second-order valence-electron chi connectivity index (χ2n) is 12.5. The number of aromatic nitrogens is 3. The quantitative estimate of drug-likeness (QED) is 0.185. The predicted octanol–water partition coefficient (Wildman–Crippen LogP) is 12.5. The summed E-state index contributed by atoms with van der Waals surface area (Å²) in [6.45, 7) is 0. The van der Waals surface area contributed by atoms with E-state index in [1.165, 1.54) is 25.9 Å². The summed E-state index contributed by atoms with van der Waals surface area (Å²) in [4.78, 5) is 16.5. The van der Waals surface area contributed by atoms with Gasteiger partial charge in [0.25, 0.3) is 0 Å². The van der Waals surface area contributed by atoms with E-state index in [9.17, 15) is 0 Å². The van der Waals surface area contributed by atoms with Crippen molar-refractivity contribution in [1.82, 2.24) is 15.0 Å². The first-order valence-corrected chi connectivity index (χ1v) is 17.4. The van der Waals surface area contributed by atoms with E-state index in [-0.39, 0.29) is 0 Å². The molecule has 0 amide bonds. The summed E-state index contributed by atoms with van der Waals surface area (Å²) in [6, 6.07) is 57.0. The monoisotopic (exact) mass is 657 g/mol. The molecule has 0 aliphatic rings. The molecule has 0 atom stereocenters. The van der Waals surface area contributed by atoms with Crippen molar-refractivity contribution < 1.29 is 4.42 Å². The lowest BCUT2D eigenvalue weighted by atomic mass is 10.0. The van der Waals surface area contributed by atoms with E-state index < -0.39 is 0 Å². The molecule has 0 aliphatic carbocycles. The van der Waals surface area contributed by atoms with Gasteiger partial charge in [-0.3, -0.25) is 0 Å². The van der Waals surface area contributed by atoms with Crippen LogP contribution in [0.2, 0.25) is 0 Å². The van der Waals surface area contributed by atoms with Crippen LogP contribution in [-0.4, -0.2) is 15.0 Å². The molecular weight excluding hydrogens is 631 g/mol. The predicted molar refractivity (Wildman–Crippen MR) is 207 cm³/mol. The minimum absolute atomic E-state index is 0.612. The van der Waals surface area contributed by atoms with Gasteiger partial charge >= 0.3 is 0 Å². The lowest BCUT2D eigenvalue weighted by Crippen LogP contribution is -2.00. The van der Waals surface area contributed by atoms with Crippen molar-refractivity contribution in [3.63, 3.8) is 0 Å². The fourth-order valence-corrected chi connectivity index (χ4v) is 7.81. The van der Waals surface area contributed by atoms with E-state index >= 15 is 0 Å². The summed E-state index contributed by atoms with van der Waals surface area (Å²) >= 11 is 1.80. The molecule has 10 rings (SSSR count). The molecule has 0 bridgehead atoms. The van der Waals surface area contributed by atoms with Crippen molar-refractivity contribution in [3.05, 3.63) is 164 Å². The molecule has 0 N–H and O–H groups in total. The van der Waals surface area contributed by atoms with Gasteiger partial charge in [0.1, 0.15) is 11.2 Å². The summed E-state index contributed by atoms with van der Waals surface area (Å²) in [6.07, 6.45) is 0. The number of fused-ring (bicyclic) bond motifs is 5. The van der Waals surface area contributed by atoms with Crippen LogP contribution in [0.5, 0.6) is 0 Å². The topological polar surface area (TPSA) is 51.8 Å². The van der Waals surface area contributed by atoms with Gasteiger partial charge in [0.05, 0.1) is 0 Å². The number of furan rings is 1. The smallest absolute Gasteiger partial charge is 0.164 e. The van der Waals surface area contributed by atoms with Crippen molar-refractivity contribution in [2.45, 2.75) is 0 Å². The highest BCUT2D eigenvalue weighted by molar-refractivity contribution is 7.22. The molecule has 0 aliphatic heterocycles. The Kier molecular flexibility index (Phi) is 6.64. The van der Waals surface area contributed by atoms with E-state index in [0.29, 0.717) is 17.5 Å². The Morgan fingerprint density at radius 2 is 0.940 bits per heavy atom. The van der Waals surface area contributed by atoms with E-state index in [1.54, 1.807) is 11.3 Å². The lowest BCUT2D eigenvalue weighted by molar-refractivity contribution is 0.669. The van der Waals surface area contributed by atoms with Crippen LogP contribution < -0.4 is 0 Å². The number of rotatable bonds is 5. The Morgan fingerprint density at radius 3 is 1.72 bits per heavy atom. The zero-order chi connectivity index (χ0) is 33.0. The molecule has 0 radical (unpaired) electrons. The fourth-order valence-electron chi connectivity index (χ4n) is 6.74. The minimum Gasteiger partial charge on any atom is -0.456 e. The van der Waals surface area contributed by atoms with Gasteiger partial charge in [0.15, 0.2) is 17.5 Å². The molecule has 7 aromatic carbocycles. The summed E-state index contributed by atoms with van der Waals surface area (Å²) < 4.78 is 7.59. The fraction of sp³-hybridized carbons (Fsp3) is 0. The maximum Gasteiger partial charge on any atom is 0.164 e. The van der Waals surface area contributed by atoms with Crippen LogP contribution in [0.4, 0.5) is 0 Å². The molecule has 3 heterocycles. The first kappa shape index (κ1) is 28.6. The van der Waals surface area contributed by atoms with Gasteiger partial charge in [-0.15, -0.1) is 11.3 Å². The van der Waals surface area contributed by atoms with Gasteiger partial charge in [-0.2, -0.15) is 0 Å².